The topological polar surface area (TPSA) is 63.3 Å². The monoisotopic (exact) mass is 299 g/mol. The molecule has 0 aromatic rings. The van der Waals surface area contributed by atoms with Crippen molar-refractivity contribution in [1.29, 1.82) is 0 Å². The number of alkyl halides is 3. The van der Waals surface area contributed by atoms with Crippen molar-refractivity contribution >= 4 is 17.7 Å². The van der Waals surface area contributed by atoms with Gasteiger partial charge in [-0.05, 0) is 43.1 Å². The summed E-state index contributed by atoms with van der Waals surface area (Å²) in [6, 6.07) is -0.919. The van der Waals surface area contributed by atoms with Crippen molar-refractivity contribution in [3.05, 3.63) is 0 Å². The Kier molecular flexibility index (Phi) is 6.46. The molecule has 1 rings (SSSR count). The molecule has 0 aliphatic heterocycles. The van der Waals surface area contributed by atoms with Crippen molar-refractivity contribution in [2.75, 3.05) is 11.5 Å². The number of hydrogen-bond donors (Lipinski definition) is 2. The summed E-state index contributed by atoms with van der Waals surface area (Å²) in [6.45, 7) is 0. The number of aliphatic carboxylic acids is 1. The Morgan fingerprint density at radius 1 is 1.32 bits per heavy atom. The Morgan fingerprint density at radius 3 is 2.32 bits per heavy atom. The number of thioether (sulfide) groups is 1. The second kappa shape index (κ2) is 7.38. The first-order valence-corrected chi connectivity index (χ1v) is 7.60. The van der Waals surface area contributed by atoms with E-state index in [1.54, 1.807) is 0 Å². The first-order valence-electron chi connectivity index (χ1n) is 6.45. The van der Waals surface area contributed by atoms with Gasteiger partial charge in [0, 0.05) is 0 Å². The summed E-state index contributed by atoms with van der Waals surface area (Å²) < 4.78 is 38.5. The van der Waals surface area contributed by atoms with Crippen LogP contribution in [0.25, 0.3) is 0 Å². The Hall–Kier alpha value is -0.430. The molecule has 1 aliphatic rings. The Labute approximate surface area is 115 Å². The van der Waals surface area contributed by atoms with Gasteiger partial charge in [0.2, 0.25) is 0 Å². The van der Waals surface area contributed by atoms with Gasteiger partial charge in [-0.2, -0.15) is 24.9 Å². The molecule has 2 unspecified atom stereocenters. The second-order valence-electron chi connectivity index (χ2n) is 4.97. The third-order valence-electron chi connectivity index (χ3n) is 3.60. The van der Waals surface area contributed by atoms with Crippen LogP contribution in [0.5, 0.6) is 0 Å². The van der Waals surface area contributed by atoms with Gasteiger partial charge in [0.05, 0.1) is 5.92 Å². The highest BCUT2D eigenvalue weighted by atomic mass is 32.2. The minimum Gasteiger partial charge on any atom is -0.480 e. The molecule has 0 amide bonds. The van der Waals surface area contributed by atoms with Crippen LogP contribution in [0.4, 0.5) is 13.2 Å². The standard InChI is InChI=1S/C12H20F3NO2S/c13-12(14,15)9(8-2-1-3-8)4-6-19-7-5-10(16)11(17)18/h8-10H,1-7,16H2,(H,17,18). The highest BCUT2D eigenvalue weighted by molar-refractivity contribution is 7.99. The predicted molar refractivity (Wildman–Crippen MR) is 69.1 cm³/mol. The van der Waals surface area contributed by atoms with E-state index in [-0.39, 0.29) is 12.3 Å². The summed E-state index contributed by atoms with van der Waals surface area (Å²) in [7, 11) is 0. The molecule has 1 fully saturated rings. The largest absolute Gasteiger partial charge is 0.480 e. The normalized spacial score (nSPS) is 19.8. The van der Waals surface area contributed by atoms with Crippen LogP contribution in [0, 0.1) is 11.8 Å². The third kappa shape index (κ3) is 5.60. The fourth-order valence-electron chi connectivity index (χ4n) is 2.15. The smallest absolute Gasteiger partial charge is 0.392 e. The maximum atomic E-state index is 12.8. The van der Waals surface area contributed by atoms with Crippen LogP contribution in [-0.2, 0) is 4.79 Å². The van der Waals surface area contributed by atoms with Gasteiger partial charge < -0.3 is 10.8 Å². The van der Waals surface area contributed by atoms with Crippen LogP contribution in [-0.4, -0.2) is 34.8 Å². The van der Waals surface area contributed by atoms with Crippen molar-refractivity contribution in [2.24, 2.45) is 17.6 Å². The highest BCUT2D eigenvalue weighted by Gasteiger charge is 2.45. The number of carbonyl (C=O) groups is 1. The van der Waals surface area contributed by atoms with Crippen molar-refractivity contribution in [3.8, 4) is 0 Å². The van der Waals surface area contributed by atoms with Gasteiger partial charge in [-0.1, -0.05) is 6.42 Å². The Bertz CT molecular complexity index is 295. The first-order chi connectivity index (χ1) is 8.82. The number of carboxylic acid groups (broad SMARTS) is 1. The summed E-state index contributed by atoms with van der Waals surface area (Å²) >= 11 is 1.35. The summed E-state index contributed by atoms with van der Waals surface area (Å²) in [5.74, 6) is -1.57. The lowest BCUT2D eigenvalue weighted by Gasteiger charge is -2.35. The molecule has 0 aromatic carbocycles. The second-order valence-corrected chi connectivity index (χ2v) is 6.20. The molecule has 19 heavy (non-hydrogen) atoms. The third-order valence-corrected chi connectivity index (χ3v) is 4.65. The maximum Gasteiger partial charge on any atom is 0.392 e. The summed E-state index contributed by atoms with van der Waals surface area (Å²) in [5.41, 5.74) is 5.31. The lowest BCUT2D eigenvalue weighted by Crippen LogP contribution is -2.34. The van der Waals surface area contributed by atoms with E-state index < -0.39 is 24.1 Å². The molecule has 1 aliphatic carbocycles. The molecule has 0 spiro atoms. The molecule has 0 aromatic heterocycles. The number of carboxylic acids is 1. The molecule has 0 saturated heterocycles. The molecule has 3 nitrogen and oxygen atoms in total. The van der Waals surface area contributed by atoms with E-state index in [9.17, 15) is 18.0 Å². The number of nitrogens with two attached hydrogens (primary N) is 1. The SMILES string of the molecule is NC(CCSCCC(C1CCC1)C(F)(F)F)C(=O)O. The van der Waals surface area contributed by atoms with Gasteiger partial charge in [0.15, 0.2) is 0 Å². The lowest BCUT2D eigenvalue weighted by atomic mass is 9.74. The molecule has 2 atom stereocenters. The molecule has 7 heteroatoms. The van der Waals surface area contributed by atoms with E-state index in [1.165, 1.54) is 11.8 Å². The van der Waals surface area contributed by atoms with E-state index in [0.29, 0.717) is 30.8 Å². The van der Waals surface area contributed by atoms with E-state index in [2.05, 4.69) is 0 Å². The van der Waals surface area contributed by atoms with Gasteiger partial charge in [0.25, 0.3) is 0 Å². The van der Waals surface area contributed by atoms with Gasteiger partial charge in [0.1, 0.15) is 6.04 Å². The van der Waals surface area contributed by atoms with Gasteiger partial charge in [-0.15, -0.1) is 0 Å². The maximum absolute atomic E-state index is 12.8. The van der Waals surface area contributed by atoms with Gasteiger partial charge in [-0.25, -0.2) is 0 Å². The highest BCUT2D eigenvalue weighted by Crippen LogP contribution is 2.44. The molecular weight excluding hydrogens is 279 g/mol. The molecular formula is C12H20F3NO2S. The van der Waals surface area contributed by atoms with Gasteiger partial charge in [-0.3, -0.25) is 4.79 Å². The van der Waals surface area contributed by atoms with E-state index in [1.807, 2.05) is 0 Å². The van der Waals surface area contributed by atoms with E-state index in [4.69, 9.17) is 10.8 Å². The minimum absolute atomic E-state index is 0.126. The quantitative estimate of drug-likeness (QED) is 0.676. The number of hydrogen-bond acceptors (Lipinski definition) is 3. The van der Waals surface area contributed by atoms with Crippen LogP contribution >= 0.6 is 11.8 Å². The molecule has 3 N–H and O–H groups in total. The lowest BCUT2D eigenvalue weighted by molar-refractivity contribution is -0.196. The first kappa shape index (κ1) is 16.6. The van der Waals surface area contributed by atoms with Crippen LogP contribution in [0.3, 0.4) is 0 Å². The minimum atomic E-state index is -4.11. The van der Waals surface area contributed by atoms with Gasteiger partial charge >= 0.3 is 12.1 Å². The van der Waals surface area contributed by atoms with Crippen molar-refractivity contribution in [3.63, 3.8) is 0 Å². The van der Waals surface area contributed by atoms with Crippen LogP contribution < -0.4 is 5.73 Å². The Morgan fingerprint density at radius 2 is 1.89 bits per heavy atom. The summed E-state index contributed by atoms with van der Waals surface area (Å²) in [4.78, 5) is 10.5. The number of halogens is 3. The summed E-state index contributed by atoms with van der Waals surface area (Å²) in [6.07, 6.45) is -1.43. The van der Waals surface area contributed by atoms with Crippen LogP contribution in [0.1, 0.15) is 32.1 Å². The fraction of sp³-hybridized carbons (Fsp3) is 0.917. The fourth-order valence-corrected chi connectivity index (χ4v) is 3.20. The van der Waals surface area contributed by atoms with Crippen molar-refractivity contribution in [2.45, 2.75) is 44.3 Å². The van der Waals surface area contributed by atoms with Crippen molar-refractivity contribution < 1.29 is 23.1 Å². The van der Waals surface area contributed by atoms with Crippen molar-refractivity contribution in [1.82, 2.24) is 0 Å². The van der Waals surface area contributed by atoms with Crippen LogP contribution in [0.2, 0.25) is 0 Å². The zero-order valence-corrected chi connectivity index (χ0v) is 11.5. The predicted octanol–water partition coefficient (Wildman–Crippen LogP) is 2.89. The average Bonchev–Trinajstić information content (AvgIpc) is 2.22. The average molecular weight is 299 g/mol. The van der Waals surface area contributed by atoms with Crippen LogP contribution in [0.15, 0.2) is 0 Å². The molecule has 0 radical (unpaired) electrons. The van der Waals surface area contributed by atoms with E-state index in [0.717, 1.165) is 6.42 Å². The molecule has 112 valence electrons. The molecule has 1 saturated carbocycles. The number of rotatable bonds is 8. The molecule has 0 heterocycles. The van der Waals surface area contributed by atoms with E-state index >= 15 is 0 Å². The summed E-state index contributed by atoms with van der Waals surface area (Å²) in [5, 5.41) is 8.56. The Balaban J connectivity index is 2.20. The molecule has 0 bridgehead atoms. The zero-order chi connectivity index (χ0) is 14.5. The zero-order valence-electron chi connectivity index (χ0n) is 10.7.